The van der Waals surface area contributed by atoms with Gasteiger partial charge >= 0.3 is 5.97 Å². The van der Waals surface area contributed by atoms with Gasteiger partial charge in [0.05, 0.1) is 17.2 Å². The number of hydrogen-bond donors (Lipinski definition) is 3. The molecular weight excluding hydrogens is 312 g/mol. The van der Waals surface area contributed by atoms with Crippen molar-refractivity contribution in [2.75, 3.05) is 18.5 Å². The van der Waals surface area contributed by atoms with E-state index in [4.69, 9.17) is 16.3 Å². The molecule has 22 heavy (non-hydrogen) atoms. The minimum absolute atomic E-state index is 0.0837. The van der Waals surface area contributed by atoms with E-state index in [2.05, 4.69) is 10.6 Å². The van der Waals surface area contributed by atoms with Crippen LogP contribution >= 0.6 is 11.6 Å². The second kappa shape index (κ2) is 6.33. The van der Waals surface area contributed by atoms with E-state index >= 15 is 0 Å². The first kappa shape index (κ1) is 16.3. The number of nitrogens with one attached hydrogen (secondary N) is 2. The zero-order chi connectivity index (χ0) is 16.3. The first-order valence-electron chi connectivity index (χ1n) is 6.55. The van der Waals surface area contributed by atoms with Crippen molar-refractivity contribution in [2.45, 2.75) is 18.9 Å². The third-order valence-electron chi connectivity index (χ3n) is 3.32. The molecule has 1 atom stereocenters. The van der Waals surface area contributed by atoms with Gasteiger partial charge in [0.15, 0.2) is 5.54 Å². The quantitative estimate of drug-likeness (QED) is 0.773. The number of ether oxygens (including phenoxy) is 1. The molecule has 1 heterocycles. The standard InChI is InChI=1S/C14H15ClN2O5/c1-8(18)16-9-2-3-11(15)10(6-9)12(19)17-14(13(20)21)4-5-22-7-14/h2-3,6H,4-5,7H2,1H3,(H,16,18)(H,17,19)(H,20,21). The van der Waals surface area contributed by atoms with Crippen LogP contribution in [0.4, 0.5) is 5.69 Å². The molecule has 2 amide bonds. The fourth-order valence-electron chi connectivity index (χ4n) is 2.15. The van der Waals surface area contributed by atoms with Gasteiger partial charge in [0, 0.05) is 25.6 Å². The van der Waals surface area contributed by atoms with Crippen LogP contribution in [-0.2, 0) is 14.3 Å². The molecule has 118 valence electrons. The number of hydrogen-bond acceptors (Lipinski definition) is 4. The second-order valence-electron chi connectivity index (χ2n) is 5.02. The van der Waals surface area contributed by atoms with E-state index in [0.717, 1.165) is 0 Å². The monoisotopic (exact) mass is 326 g/mol. The molecule has 0 aromatic heterocycles. The largest absolute Gasteiger partial charge is 0.479 e. The van der Waals surface area contributed by atoms with E-state index in [1.807, 2.05) is 0 Å². The summed E-state index contributed by atoms with van der Waals surface area (Å²) in [7, 11) is 0. The van der Waals surface area contributed by atoms with Crippen molar-refractivity contribution in [1.29, 1.82) is 0 Å². The van der Waals surface area contributed by atoms with Gasteiger partial charge in [-0.1, -0.05) is 11.6 Å². The normalized spacial score (nSPS) is 20.5. The lowest BCUT2D eigenvalue weighted by Gasteiger charge is -2.24. The average Bonchev–Trinajstić information content (AvgIpc) is 2.90. The van der Waals surface area contributed by atoms with Gasteiger partial charge in [0.1, 0.15) is 0 Å². The number of halogens is 1. The number of carboxylic acids is 1. The molecule has 0 bridgehead atoms. The molecule has 0 spiro atoms. The fourth-order valence-corrected chi connectivity index (χ4v) is 2.35. The van der Waals surface area contributed by atoms with Gasteiger partial charge in [-0.05, 0) is 18.2 Å². The zero-order valence-corrected chi connectivity index (χ0v) is 12.6. The van der Waals surface area contributed by atoms with Crippen molar-refractivity contribution in [2.24, 2.45) is 0 Å². The van der Waals surface area contributed by atoms with E-state index in [1.165, 1.54) is 19.1 Å². The van der Waals surface area contributed by atoms with E-state index in [-0.39, 0.29) is 36.1 Å². The van der Waals surface area contributed by atoms with Crippen LogP contribution in [0.15, 0.2) is 18.2 Å². The Morgan fingerprint density at radius 3 is 2.64 bits per heavy atom. The highest BCUT2D eigenvalue weighted by Gasteiger charge is 2.44. The van der Waals surface area contributed by atoms with Gasteiger partial charge in [-0.25, -0.2) is 4.79 Å². The highest BCUT2D eigenvalue weighted by molar-refractivity contribution is 6.34. The highest BCUT2D eigenvalue weighted by atomic mass is 35.5. The van der Waals surface area contributed by atoms with Gasteiger partial charge in [0.25, 0.3) is 5.91 Å². The van der Waals surface area contributed by atoms with Crippen LogP contribution < -0.4 is 10.6 Å². The predicted octanol–water partition coefficient (Wildman–Crippen LogP) is 1.27. The van der Waals surface area contributed by atoms with Crippen molar-refractivity contribution in [3.63, 3.8) is 0 Å². The highest BCUT2D eigenvalue weighted by Crippen LogP contribution is 2.24. The first-order chi connectivity index (χ1) is 10.3. The molecule has 0 radical (unpaired) electrons. The van der Waals surface area contributed by atoms with Crippen molar-refractivity contribution >= 4 is 35.1 Å². The topological polar surface area (TPSA) is 105 Å². The molecule has 1 unspecified atom stereocenters. The molecule has 1 aliphatic heterocycles. The van der Waals surface area contributed by atoms with Crippen molar-refractivity contribution in [3.8, 4) is 0 Å². The number of anilines is 1. The van der Waals surface area contributed by atoms with Gasteiger partial charge < -0.3 is 20.5 Å². The third-order valence-corrected chi connectivity index (χ3v) is 3.64. The number of rotatable bonds is 4. The lowest BCUT2D eigenvalue weighted by atomic mass is 9.98. The Hall–Kier alpha value is -2.12. The Bertz CT molecular complexity index is 626. The Balaban J connectivity index is 2.25. The molecule has 0 aliphatic carbocycles. The van der Waals surface area contributed by atoms with Gasteiger partial charge in [-0.15, -0.1) is 0 Å². The lowest BCUT2D eigenvalue weighted by Crippen LogP contribution is -2.55. The third kappa shape index (κ3) is 3.37. The minimum atomic E-state index is -1.45. The van der Waals surface area contributed by atoms with Gasteiger partial charge in [0.2, 0.25) is 5.91 Å². The molecular formula is C14H15ClN2O5. The maximum Gasteiger partial charge on any atom is 0.331 e. The van der Waals surface area contributed by atoms with E-state index < -0.39 is 17.4 Å². The van der Waals surface area contributed by atoms with Crippen molar-refractivity contribution in [1.82, 2.24) is 5.32 Å². The van der Waals surface area contributed by atoms with Crippen LogP contribution in [0.25, 0.3) is 0 Å². The van der Waals surface area contributed by atoms with Gasteiger partial charge in [-0.2, -0.15) is 0 Å². The first-order valence-corrected chi connectivity index (χ1v) is 6.93. The molecule has 8 heteroatoms. The summed E-state index contributed by atoms with van der Waals surface area (Å²) >= 11 is 5.99. The van der Waals surface area contributed by atoms with Crippen LogP contribution in [0.1, 0.15) is 23.7 Å². The SMILES string of the molecule is CC(=O)Nc1ccc(Cl)c(C(=O)NC2(C(=O)O)CCOC2)c1. The summed E-state index contributed by atoms with van der Waals surface area (Å²) in [5.41, 5.74) is -0.973. The van der Waals surface area contributed by atoms with Crippen LogP contribution in [0, 0.1) is 0 Å². The molecule has 3 N–H and O–H groups in total. The summed E-state index contributed by atoms with van der Waals surface area (Å²) in [5.74, 6) is -2.09. The summed E-state index contributed by atoms with van der Waals surface area (Å²) in [5, 5.41) is 14.5. The second-order valence-corrected chi connectivity index (χ2v) is 5.43. The Kier molecular flexibility index (Phi) is 4.68. The minimum Gasteiger partial charge on any atom is -0.479 e. The summed E-state index contributed by atoms with van der Waals surface area (Å²) in [4.78, 5) is 34.8. The van der Waals surface area contributed by atoms with E-state index in [1.54, 1.807) is 6.07 Å². The van der Waals surface area contributed by atoms with Crippen LogP contribution in [0.2, 0.25) is 5.02 Å². The predicted molar refractivity (Wildman–Crippen MR) is 79.0 cm³/mol. The number of benzene rings is 1. The molecule has 1 aromatic carbocycles. The summed E-state index contributed by atoms with van der Waals surface area (Å²) < 4.78 is 5.08. The summed E-state index contributed by atoms with van der Waals surface area (Å²) in [6.07, 6.45) is 0.178. The maximum absolute atomic E-state index is 12.3. The van der Waals surface area contributed by atoms with Crippen LogP contribution in [0.5, 0.6) is 0 Å². The molecule has 1 aromatic rings. The fraction of sp³-hybridized carbons (Fsp3) is 0.357. The molecule has 1 aliphatic rings. The summed E-state index contributed by atoms with van der Waals surface area (Å²) in [6.45, 7) is 1.49. The summed E-state index contributed by atoms with van der Waals surface area (Å²) in [6, 6.07) is 4.40. The number of carbonyl (C=O) groups excluding carboxylic acids is 2. The zero-order valence-electron chi connectivity index (χ0n) is 11.8. The molecule has 1 saturated heterocycles. The average molecular weight is 327 g/mol. The lowest BCUT2D eigenvalue weighted by molar-refractivity contribution is -0.144. The number of aliphatic carboxylic acids is 1. The molecule has 0 saturated carbocycles. The molecule has 1 fully saturated rings. The van der Waals surface area contributed by atoms with Crippen LogP contribution in [0.3, 0.4) is 0 Å². The van der Waals surface area contributed by atoms with Crippen molar-refractivity contribution in [3.05, 3.63) is 28.8 Å². The number of amides is 2. The van der Waals surface area contributed by atoms with E-state index in [9.17, 15) is 19.5 Å². The van der Waals surface area contributed by atoms with E-state index in [0.29, 0.717) is 5.69 Å². The smallest absolute Gasteiger partial charge is 0.331 e. The Morgan fingerprint density at radius 2 is 2.09 bits per heavy atom. The Labute approximate surface area is 131 Å². The molecule has 2 rings (SSSR count). The van der Waals surface area contributed by atoms with Gasteiger partial charge in [-0.3, -0.25) is 9.59 Å². The molecule has 7 nitrogen and oxygen atoms in total. The Morgan fingerprint density at radius 1 is 1.36 bits per heavy atom. The number of carbonyl (C=O) groups is 3. The maximum atomic E-state index is 12.3. The number of carboxylic acid groups (broad SMARTS) is 1. The van der Waals surface area contributed by atoms with Crippen LogP contribution in [-0.4, -0.2) is 41.6 Å². The van der Waals surface area contributed by atoms with Crippen molar-refractivity contribution < 1.29 is 24.2 Å².